The lowest BCUT2D eigenvalue weighted by molar-refractivity contribution is 0.353. The third-order valence-corrected chi connectivity index (χ3v) is 8.20. The Labute approximate surface area is 230 Å². The van der Waals surface area contributed by atoms with Gasteiger partial charge in [-0.05, 0) is 54.7 Å². The molecule has 0 amide bonds. The Kier molecular flexibility index (Phi) is 7.51. The number of fused-ring (bicyclic) bond motifs is 1. The number of aryl methyl sites for hydroxylation is 1. The van der Waals surface area contributed by atoms with Crippen LogP contribution >= 0.6 is 15.9 Å². The fraction of sp³-hybridized carbons (Fsp3) is 0.296. The zero-order chi connectivity index (χ0) is 26.9. The molecule has 1 fully saturated rings. The van der Waals surface area contributed by atoms with Gasteiger partial charge in [0, 0.05) is 34.0 Å². The molecule has 1 aliphatic carbocycles. The first kappa shape index (κ1) is 26.3. The van der Waals surface area contributed by atoms with Gasteiger partial charge in [0.25, 0.3) is 0 Å². The molecule has 198 valence electrons. The molecule has 1 aliphatic rings. The number of sulfonamides is 1. The molecular weight excluding hydrogens is 570 g/mol. The lowest BCUT2D eigenvalue weighted by Gasteiger charge is -2.17. The fourth-order valence-electron chi connectivity index (χ4n) is 4.26. The summed E-state index contributed by atoms with van der Waals surface area (Å²) >= 11 is 3.59. The minimum absolute atomic E-state index is 0.0320. The molecule has 1 saturated carbocycles. The number of anilines is 2. The van der Waals surface area contributed by atoms with E-state index < -0.39 is 10.0 Å². The van der Waals surface area contributed by atoms with Crippen LogP contribution in [0.15, 0.2) is 58.2 Å². The number of ether oxygens (including phenoxy) is 2. The largest absolute Gasteiger partial charge is 0.480 e. The molecule has 0 spiro atoms. The summed E-state index contributed by atoms with van der Waals surface area (Å²) in [4.78, 5) is 13.1. The molecule has 0 radical (unpaired) electrons. The summed E-state index contributed by atoms with van der Waals surface area (Å²) in [5.74, 6) is 0.361. The smallest absolute Gasteiger partial charge is 0.319 e. The zero-order valence-electron chi connectivity index (χ0n) is 21.3. The van der Waals surface area contributed by atoms with Crippen molar-refractivity contribution >= 4 is 48.2 Å². The summed E-state index contributed by atoms with van der Waals surface area (Å²) in [6.07, 6.45) is 6.62. The third-order valence-electron chi connectivity index (χ3n) is 6.21. The van der Waals surface area contributed by atoms with Crippen molar-refractivity contribution in [1.82, 2.24) is 19.7 Å². The first-order valence-electron chi connectivity index (χ1n) is 12.3. The van der Waals surface area contributed by atoms with Crippen molar-refractivity contribution in [2.24, 2.45) is 0 Å². The van der Waals surface area contributed by atoms with Crippen molar-refractivity contribution in [2.75, 3.05) is 19.5 Å². The van der Waals surface area contributed by atoms with Crippen LogP contribution < -0.4 is 19.5 Å². The minimum Gasteiger partial charge on any atom is -0.480 e. The van der Waals surface area contributed by atoms with Crippen LogP contribution in [-0.2, 0) is 16.4 Å². The van der Waals surface area contributed by atoms with Crippen LogP contribution in [0.2, 0.25) is 0 Å². The van der Waals surface area contributed by atoms with E-state index in [0.29, 0.717) is 28.0 Å². The molecule has 4 aromatic rings. The Hall–Kier alpha value is -3.28. The van der Waals surface area contributed by atoms with Crippen molar-refractivity contribution in [1.29, 1.82) is 0 Å². The molecule has 11 heteroatoms. The number of hydrogen-bond acceptors (Lipinski definition) is 8. The van der Waals surface area contributed by atoms with Crippen molar-refractivity contribution in [3.05, 3.63) is 58.8 Å². The van der Waals surface area contributed by atoms with Gasteiger partial charge >= 0.3 is 6.01 Å². The Morgan fingerprint density at radius 2 is 1.87 bits per heavy atom. The van der Waals surface area contributed by atoms with E-state index in [-0.39, 0.29) is 16.9 Å². The number of halogens is 1. The number of aromatic nitrogens is 3. The van der Waals surface area contributed by atoms with Gasteiger partial charge in [-0.15, -0.1) is 0 Å². The summed E-state index contributed by atoms with van der Waals surface area (Å²) in [5.41, 5.74) is 4.44. The molecule has 0 bridgehead atoms. The minimum atomic E-state index is -3.79. The molecular formula is C27H28BrN5O4S. The standard InChI is InChI=1S/C27H28BrN5O4S/c1-4-5-16-10-18(28)13-20(11-16)31-25-21-9-6-17(22-14-30-27(37-3)32-26(22)36-2)12-23(21)29-15-24(25)38(34,35)33-19-7-8-19/h6,9-15,19,33H,4-5,7-8H2,1-3H3,(H,29,31). The summed E-state index contributed by atoms with van der Waals surface area (Å²) in [7, 11) is -0.773. The van der Waals surface area contributed by atoms with Crippen LogP contribution in [0.1, 0.15) is 31.7 Å². The Balaban J connectivity index is 1.64. The van der Waals surface area contributed by atoms with E-state index >= 15 is 0 Å². The van der Waals surface area contributed by atoms with Crippen molar-refractivity contribution in [3.8, 4) is 23.0 Å². The summed E-state index contributed by atoms with van der Waals surface area (Å²) < 4.78 is 41.0. The Morgan fingerprint density at radius 1 is 1.05 bits per heavy atom. The summed E-state index contributed by atoms with van der Waals surface area (Å²) in [6, 6.07) is 11.8. The highest BCUT2D eigenvalue weighted by Crippen LogP contribution is 2.37. The molecule has 0 atom stereocenters. The zero-order valence-corrected chi connectivity index (χ0v) is 23.7. The summed E-state index contributed by atoms with van der Waals surface area (Å²) in [5, 5.41) is 4.06. The lowest BCUT2D eigenvalue weighted by Crippen LogP contribution is -2.26. The predicted molar refractivity (Wildman–Crippen MR) is 151 cm³/mol. The van der Waals surface area contributed by atoms with E-state index in [0.717, 1.165) is 47.0 Å². The normalized spacial score (nSPS) is 13.5. The number of methoxy groups -OCH3 is 2. The van der Waals surface area contributed by atoms with Crippen LogP contribution in [0, 0.1) is 0 Å². The van der Waals surface area contributed by atoms with Gasteiger partial charge in [0.2, 0.25) is 15.9 Å². The maximum absolute atomic E-state index is 13.4. The van der Waals surface area contributed by atoms with Gasteiger partial charge in [-0.1, -0.05) is 41.4 Å². The van der Waals surface area contributed by atoms with Crippen LogP contribution in [0.5, 0.6) is 11.9 Å². The second kappa shape index (κ2) is 10.8. The SMILES string of the molecule is CCCc1cc(Br)cc(Nc2c(S(=O)(=O)NC3CC3)cnc3cc(-c4cnc(OC)nc4OC)ccc23)c1. The van der Waals surface area contributed by atoms with Gasteiger partial charge in [-0.3, -0.25) is 4.98 Å². The highest BCUT2D eigenvalue weighted by molar-refractivity contribution is 9.10. The molecule has 9 nitrogen and oxygen atoms in total. The first-order valence-corrected chi connectivity index (χ1v) is 14.6. The van der Waals surface area contributed by atoms with Crippen molar-refractivity contribution < 1.29 is 17.9 Å². The van der Waals surface area contributed by atoms with E-state index in [9.17, 15) is 8.42 Å². The third kappa shape index (κ3) is 5.59. The average molecular weight is 599 g/mol. The molecule has 0 aliphatic heterocycles. The van der Waals surface area contributed by atoms with E-state index in [2.05, 4.69) is 53.9 Å². The van der Waals surface area contributed by atoms with E-state index in [1.165, 1.54) is 20.4 Å². The first-order chi connectivity index (χ1) is 18.3. The molecule has 2 aromatic heterocycles. The van der Waals surface area contributed by atoms with E-state index in [1.54, 1.807) is 6.20 Å². The number of pyridine rings is 1. The Morgan fingerprint density at radius 3 is 2.58 bits per heavy atom. The number of nitrogens with one attached hydrogen (secondary N) is 2. The number of rotatable bonds is 10. The molecule has 5 rings (SSSR count). The number of nitrogens with zero attached hydrogens (tertiary/aromatic N) is 3. The second-order valence-electron chi connectivity index (χ2n) is 9.13. The quantitative estimate of drug-likeness (QED) is 0.242. The van der Waals surface area contributed by atoms with Crippen LogP contribution in [-0.4, -0.2) is 43.6 Å². The van der Waals surface area contributed by atoms with Crippen LogP contribution in [0.3, 0.4) is 0 Å². The number of hydrogen-bond donors (Lipinski definition) is 2. The van der Waals surface area contributed by atoms with E-state index in [4.69, 9.17) is 9.47 Å². The predicted octanol–water partition coefficient (Wildman–Crippen LogP) is 5.61. The second-order valence-corrected chi connectivity index (χ2v) is 11.7. The maximum atomic E-state index is 13.4. The highest BCUT2D eigenvalue weighted by atomic mass is 79.9. The van der Waals surface area contributed by atoms with Gasteiger partial charge in [-0.2, -0.15) is 4.98 Å². The molecule has 0 saturated heterocycles. The summed E-state index contributed by atoms with van der Waals surface area (Å²) in [6.45, 7) is 2.12. The van der Waals surface area contributed by atoms with Gasteiger partial charge in [0.1, 0.15) is 4.90 Å². The molecule has 38 heavy (non-hydrogen) atoms. The van der Waals surface area contributed by atoms with E-state index in [1.807, 2.05) is 30.3 Å². The molecule has 0 unspecified atom stereocenters. The van der Waals surface area contributed by atoms with Gasteiger partial charge < -0.3 is 14.8 Å². The maximum Gasteiger partial charge on any atom is 0.319 e. The number of benzene rings is 2. The van der Waals surface area contributed by atoms with Crippen LogP contribution in [0.4, 0.5) is 11.4 Å². The van der Waals surface area contributed by atoms with Gasteiger partial charge in [0.15, 0.2) is 0 Å². The average Bonchev–Trinajstić information content (AvgIpc) is 3.71. The molecule has 2 aromatic carbocycles. The van der Waals surface area contributed by atoms with Crippen molar-refractivity contribution in [3.63, 3.8) is 0 Å². The van der Waals surface area contributed by atoms with Crippen LogP contribution in [0.25, 0.3) is 22.0 Å². The fourth-order valence-corrected chi connectivity index (χ4v) is 6.23. The highest BCUT2D eigenvalue weighted by Gasteiger charge is 2.30. The lowest BCUT2D eigenvalue weighted by atomic mass is 10.0. The Bertz CT molecular complexity index is 1610. The topological polar surface area (TPSA) is 115 Å². The van der Waals surface area contributed by atoms with Crippen molar-refractivity contribution in [2.45, 2.75) is 43.5 Å². The van der Waals surface area contributed by atoms with Gasteiger partial charge in [0.05, 0.1) is 31.0 Å². The van der Waals surface area contributed by atoms with Gasteiger partial charge in [-0.25, -0.2) is 18.1 Å². The molecule has 2 heterocycles. The monoisotopic (exact) mass is 597 g/mol. The molecule has 2 N–H and O–H groups in total.